The minimum absolute atomic E-state index is 0.0646. The number of hydrogen-bond acceptors (Lipinski definition) is 5. The van der Waals surface area contributed by atoms with Crippen LogP contribution in [0.15, 0.2) is 42.6 Å². The largest absolute Gasteiger partial charge is 0.449 e. The van der Waals surface area contributed by atoms with Crippen LogP contribution in [0.3, 0.4) is 0 Å². The number of aromatic nitrogens is 1. The van der Waals surface area contributed by atoms with Crippen molar-refractivity contribution in [2.75, 3.05) is 11.5 Å². The van der Waals surface area contributed by atoms with Gasteiger partial charge in [0.2, 0.25) is 0 Å². The number of nitrogens with zero attached hydrogens (tertiary/aromatic N) is 3. The Morgan fingerprint density at radius 2 is 2.21 bits per heavy atom. The number of rotatable bonds is 5. The lowest BCUT2D eigenvalue weighted by Crippen LogP contribution is -2.37. The van der Waals surface area contributed by atoms with Crippen molar-refractivity contribution >= 4 is 11.8 Å². The number of carbonyl (C=O) groups excluding carboxylic acids is 1. The molecule has 0 saturated heterocycles. The molecule has 6 nitrogen and oxygen atoms in total. The van der Waals surface area contributed by atoms with E-state index in [1.165, 1.54) is 11.3 Å². The van der Waals surface area contributed by atoms with Gasteiger partial charge in [0.1, 0.15) is 0 Å². The number of fused-ring (bicyclic) bond motifs is 3. The van der Waals surface area contributed by atoms with Crippen LogP contribution in [0.4, 0.5) is 10.5 Å². The van der Waals surface area contributed by atoms with Crippen LogP contribution in [0.2, 0.25) is 0 Å². The van der Waals surface area contributed by atoms with E-state index in [9.17, 15) is 10.1 Å². The third kappa shape index (κ3) is 4.04. The minimum Gasteiger partial charge on any atom is -0.449 e. The van der Waals surface area contributed by atoms with Crippen molar-refractivity contribution in [2.45, 2.75) is 51.2 Å². The van der Waals surface area contributed by atoms with Gasteiger partial charge in [-0.15, -0.1) is 0 Å². The van der Waals surface area contributed by atoms with Gasteiger partial charge in [-0.05, 0) is 54.7 Å². The SMILES string of the molecule is CC(C)COC(=O)N[C@H]1CC2c3cc(C#N)ccc3N(Cc3ccccn3)C2C1. The summed E-state index contributed by atoms with van der Waals surface area (Å²) in [4.78, 5) is 19.0. The molecule has 4 rings (SSSR count). The van der Waals surface area contributed by atoms with Gasteiger partial charge in [0, 0.05) is 29.9 Å². The van der Waals surface area contributed by atoms with E-state index in [0.29, 0.717) is 24.6 Å². The van der Waals surface area contributed by atoms with Crippen LogP contribution < -0.4 is 10.2 Å². The Bertz CT molecular complexity index is 922. The van der Waals surface area contributed by atoms with Crippen LogP contribution in [-0.4, -0.2) is 29.8 Å². The van der Waals surface area contributed by atoms with Crippen LogP contribution in [0.1, 0.15) is 49.4 Å². The minimum atomic E-state index is -0.342. The molecule has 6 heteroatoms. The standard InChI is InChI=1S/C23H26N4O2/c1-15(2)14-29-23(28)26-18-10-20-19-9-16(12-24)6-7-21(19)27(22(20)11-18)13-17-5-3-4-8-25-17/h3-9,15,18,20,22H,10-11,13-14H2,1-2H3,(H,26,28)/t18-,20?,22?/m0/s1. The van der Waals surface area contributed by atoms with E-state index in [4.69, 9.17) is 4.74 Å². The summed E-state index contributed by atoms with van der Waals surface area (Å²) in [6.07, 6.45) is 3.17. The summed E-state index contributed by atoms with van der Waals surface area (Å²) < 4.78 is 5.30. The molecule has 1 aromatic carbocycles. The van der Waals surface area contributed by atoms with Gasteiger partial charge < -0.3 is 15.0 Å². The monoisotopic (exact) mass is 390 g/mol. The lowest BCUT2D eigenvalue weighted by Gasteiger charge is -2.27. The highest BCUT2D eigenvalue weighted by atomic mass is 16.5. The molecule has 1 aromatic heterocycles. The molecule has 1 saturated carbocycles. The van der Waals surface area contributed by atoms with Crippen LogP contribution >= 0.6 is 0 Å². The van der Waals surface area contributed by atoms with Gasteiger partial charge in [-0.1, -0.05) is 19.9 Å². The lowest BCUT2D eigenvalue weighted by atomic mass is 9.96. The molecule has 29 heavy (non-hydrogen) atoms. The maximum absolute atomic E-state index is 12.1. The average Bonchev–Trinajstić information content (AvgIpc) is 3.25. The zero-order valence-electron chi connectivity index (χ0n) is 16.8. The Hall–Kier alpha value is -3.07. The number of amides is 1. The Morgan fingerprint density at radius 3 is 2.93 bits per heavy atom. The summed E-state index contributed by atoms with van der Waals surface area (Å²) in [7, 11) is 0. The number of benzene rings is 1. The summed E-state index contributed by atoms with van der Waals surface area (Å²) in [5.74, 6) is 0.603. The molecule has 3 atom stereocenters. The topological polar surface area (TPSA) is 78.2 Å². The molecule has 2 unspecified atom stereocenters. The van der Waals surface area contributed by atoms with Gasteiger partial charge >= 0.3 is 6.09 Å². The fourth-order valence-electron chi connectivity index (χ4n) is 4.49. The molecule has 0 spiro atoms. The number of carbonyl (C=O) groups is 1. The predicted octanol–water partition coefficient (Wildman–Crippen LogP) is 3.97. The zero-order valence-corrected chi connectivity index (χ0v) is 16.8. The number of nitrogens with one attached hydrogen (secondary N) is 1. The molecule has 0 radical (unpaired) electrons. The quantitative estimate of drug-likeness (QED) is 0.836. The maximum atomic E-state index is 12.1. The molecular weight excluding hydrogens is 364 g/mol. The Balaban J connectivity index is 1.54. The summed E-state index contributed by atoms with van der Waals surface area (Å²) in [6.45, 7) is 5.18. The van der Waals surface area contributed by atoms with Gasteiger partial charge in [-0.3, -0.25) is 4.98 Å². The highest BCUT2D eigenvalue weighted by Crippen LogP contribution is 2.50. The molecule has 2 heterocycles. The van der Waals surface area contributed by atoms with Crippen molar-refractivity contribution < 1.29 is 9.53 Å². The molecule has 1 N–H and O–H groups in total. The molecule has 1 aliphatic heterocycles. The smallest absolute Gasteiger partial charge is 0.407 e. The third-order valence-corrected chi connectivity index (χ3v) is 5.72. The summed E-state index contributed by atoms with van der Waals surface area (Å²) in [5, 5.41) is 12.4. The first-order valence-corrected chi connectivity index (χ1v) is 10.2. The molecule has 2 aliphatic rings. The van der Waals surface area contributed by atoms with Crippen LogP contribution in [0.5, 0.6) is 0 Å². The first kappa shape index (κ1) is 19.3. The summed E-state index contributed by atoms with van der Waals surface area (Å²) >= 11 is 0. The molecule has 0 bridgehead atoms. The maximum Gasteiger partial charge on any atom is 0.407 e. The number of hydrogen-bond donors (Lipinski definition) is 1. The van der Waals surface area contributed by atoms with Crippen molar-refractivity contribution in [1.29, 1.82) is 5.26 Å². The van der Waals surface area contributed by atoms with Gasteiger partial charge in [0.05, 0.1) is 30.5 Å². The zero-order chi connectivity index (χ0) is 20.4. The first-order chi connectivity index (χ1) is 14.0. The highest BCUT2D eigenvalue weighted by molar-refractivity contribution is 5.69. The molecule has 1 aliphatic carbocycles. The number of anilines is 1. The van der Waals surface area contributed by atoms with Crippen LogP contribution in [0, 0.1) is 17.2 Å². The molecule has 2 aromatic rings. The van der Waals surface area contributed by atoms with Crippen molar-refractivity contribution in [3.63, 3.8) is 0 Å². The van der Waals surface area contributed by atoms with E-state index in [0.717, 1.165) is 18.5 Å². The number of ether oxygens (including phenoxy) is 1. The summed E-state index contributed by atoms with van der Waals surface area (Å²) in [6, 6.07) is 14.5. The van der Waals surface area contributed by atoms with Gasteiger partial charge in [-0.25, -0.2) is 4.79 Å². The number of nitriles is 1. The van der Waals surface area contributed by atoms with E-state index in [1.807, 2.05) is 50.4 Å². The summed E-state index contributed by atoms with van der Waals surface area (Å²) in [5.41, 5.74) is 4.06. The lowest BCUT2D eigenvalue weighted by molar-refractivity contribution is 0.129. The van der Waals surface area contributed by atoms with Gasteiger partial charge in [0.15, 0.2) is 0 Å². The number of pyridine rings is 1. The first-order valence-electron chi connectivity index (χ1n) is 10.2. The Labute approximate surface area is 171 Å². The second kappa shape index (κ2) is 8.12. The Morgan fingerprint density at radius 1 is 1.34 bits per heavy atom. The fraction of sp³-hybridized carbons (Fsp3) is 0.435. The Kier molecular flexibility index (Phi) is 5.39. The molecule has 1 amide bonds. The van der Waals surface area contributed by atoms with Crippen LogP contribution in [0.25, 0.3) is 0 Å². The van der Waals surface area contributed by atoms with Crippen molar-refractivity contribution in [1.82, 2.24) is 10.3 Å². The van der Waals surface area contributed by atoms with Crippen molar-refractivity contribution in [3.05, 3.63) is 59.4 Å². The van der Waals surface area contributed by atoms with Crippen LogP contribution in [-0.2, 0) is 11.3 Å². The predicted molar refractivity (Wildman–Crippen MR) is 110 cm³/mol. The van der Waals surface area contributed by atoms with E-state index < -0.39 is 0 Å². The second-order valence-electron chi connectivity index (χ2n) is 8.31. The van der Waals surface area contributed by atoms with E-state index in [2.05, 4.69) is 27.3 Å². The van der Waals surface area contributed by atoms with Crippen molar-refractivity contribution in [3.8, 4) is 6.07 Å². The second-order valence-corrected chi connectivity index (χ2v) is 8.31. The van der Waals surface area contributed by atoms with Gasteiger partial charge in [0.25, 0.3) is 0 Å². The van der Waals surface area contributed by atoms with Gasteiger partial charge in [-0.2, -0.15) is 5.26 Å². The van der Waals surface area contributed by atoms with E-state index in [1.54, 1.807) is 0 Å². The third-order valence-electron chi connectivity index (χ3n) is 5.72. The fourth-order valence-corrected chi connectivity index (χ4v) is 4.49. The average molecular weight is 390 g/mol. The molecule has 1 fully saturated rings. The number of alkyl carbamates (subject to hydrolysis) is 1. The van der Waals surface area contributed by atoms with Crippen molar-refractivity contribution in [2.24, 2.45) is 5.92 Å². The van der Waals surface area contributed by atoms with E-state index >= 15 is 0 Å². The van der Waals surface area contributed by atoms with E-state index in [-0.39, 0.29) is 24.1 Å². The normalized spacial score (nSPS) is 22.1. The molecule has 150 valence electrons. The highest BCUT2D eigenvalue weighted by Gasteiger charge is 2.46. The molecular formula is C23H26N4O2.